The largest absolute Gasteiger partial charge is 0.398 e. The Labute approximate surface area is 122 Å². The van der Waals surface area contributed by atoms with E-state index in [4.69, 9.17) is 5.73 Å². The smallest absolute Gasteiger partial charge is 0.224 e. The average Bonchev–Trinajstić information content (AvgIpc) is 2.42. The van der Waals surface area contributed by atoms with Crippen LogP contribution in [0.15, 0.2) is 22.7 Å². The molecule has 1 aromatic rings. The number of hydrogen-bond donors (Lipinski definition) is 2. The second kappa shape index (κ2) is 6.39. The Morgan fingerprint density at radius 2 is 2.37 bits per heavy atom. The number of nitrogens with zero attached hydrogens (tertiary/aromatic N) is 1. The van der Waals surface area contributed by atoms with Gasteiger partial charge in [-0.2, -0.15) is 0 Å². The first kappa shape index (κ1) is 14.3. The van der Waals surface area contributed by atoms with Gasteiger partial charge in [-0.25, -0.2) is 0 Å². The van der Waals surface area contributed by atoms with Crippen LogP contribution in [0.3, 0.4) is 0 Å². The molecule has 19 heavy (non-hydrogen) atoms. The molecule has 1 aliphatic heterocycles. The quantitative estimate of drug-likeness (QED) is 0.835. The molecule has 1 fully saturated rings. The zero-order valence-electron chi connectivity index (χ0n) is 11.2. The molecule has 0 aromatic heterocycles. The molecule has 1 unspecified atom stereocenters. The molecule has 1 heterocycles. The molecule has 104 valence electrons. The van der Waals surface area contributed by atoms with Crippen molar-refractivity contribution in [2.24, 2.45) is 5.92 Å². The van der Waals surface area contributed by atoms with Crippen LogP contribution in [-0.2, 0) is 11.3 Å². The molecule has 0 bridgehead atoms. The third-order valence-electron chi connectivity index (χ3n) is 3.59. The fourth-order valence-corrected chi connectivity index (χ4v) is 2.81. The Bertz CT molecular complexity index is 464. The van der Waals surface area contributed by atoms with Crippen LogP contribution in [0.1, 0.15) is 18.4 Å². The molecule has 1 saturated heterocycles. The van der Waals surface area contributed by atoms with Crippen molar-refractivity contribution in [3.8, 4) is 0 Å². The molecule has 0 aliphatic carbocycles. The van der Waals surface area contributed by atoms with Crippen LogP contribution < -0.4 is 11.1 Å². The first-order valence-electron chi connectivity index (χ1n) is 6.58. The van der Waals surface area contributed by atoms with Gasteiger partial charge in [0.1, 0.15) is 0 Å². The number of nitrogens with one attached hydrogen (secondary N) is 1. The molecule has 0 spiro atoms. The van der Waals surface area contributed by atoms with E-state index in [2.05, 4.69) is 32.2 Å². The molecule has 0 saturated carbocycles. The van der Waals surface area contributed by atoms with Crippen LogP contribution in [0.5, 0.6) is 0 Å². The number of hydrogen-bond acceptors (Lipinski definition) is 3. The van der Waals surface area contributed by atoms with E-state index in [1.54, 1.807) is 7.05 Å². The summed E-state index contributed by atoms with van der Waals surface area (Å²) in [6, 6.07) is 6.04. The van der Waals surface area contributed by atoms with Gasteiger partial charge < -0.3 is 11.1 Å². The summed E-state index contributed by atoms with van der Waals surface area (Å²) in [7, 11) is 1.71. The van der Waals surface area contributed by atoms with Crippen LogP contribution in [0.25, 0.3) is 0 Å². The highest BCUT2D eigenvalue weighted by Gasteiger charge is 2.24. The summed E-state index contributed by atoms with van der Waals surface area (Å²) in [5.74, 6) is 0.270. The van der Waals surface area contributed by atoms with E-state index in [1.165, 1.54) is 5.56 Å². The van der Waals surface area contributed by atoms with E-state index in [-0.39, 0.29) is 11.8 Å². The highest BCUT2D eigenvalue weighted by molar-refractivity contribution is 9.10. The van der Waals surface area contributed by atoms with Gasteiger partial charge in [0.2, 0.25) is 5.91 Å². The number of rotatable bonds is 3. The van der Waals surface area contributed by atoms with Crippen molar-refractivity contribution in [2.75, 3.05) is 25.9 Å². The Hall–Kier alpha value is -1.07. The third kappa shape index (κ3) is 3.70. The van der Waals surface area contributed by atoms with Gasteiger partial charge in [0.05, 0.1) is 5.92 Å². The Morgan fingerprint density at radius 1 is 1.58 bits per heavy atom. The number of amides is 1. The number of benzene rings is 1. The maximum Gasteiger partial charge on any atom is 0.224 e. The molecule has 2 rings (SSSR count). The third-order valence-corrected chi connectivity index (χ3v) is 4.31. The van der Waals surface area contributed by atoms with Crippen LogP contribution in [0, 0.1) is 5.92 Å². The first-order valence-corrected chi connectivity index (χ1v) is 7.37. The van der Waals surface area contributed by atoms with Gasteiger partial charge in [-0.1, -0.05) is 6.07 Å². The topological polar surface area (TPSA) is 58.4 Å². The summed E-state index contributed by atoms with van der Waals surface area (Å²) in [6.45, 7) is 2.73. The summed E-state index contributed by atoms with van der Waals surface area (Å²) < 4.78 is 0.929. The summed E-state index contributed by atoms with van der Waals surface area (Å²) in [5.41, 5.74) is 7.85. The Kier molecular flexibility index (Phi) is 4.82. The van der Waals surface area contributed by atoms with Crippen molar-refractivity contribution in [2.45, 2.75) is 19.4 Å². The van der Waals surface area contributed by atoms with E-state index in [0.717, 1.165) is 42.6 Å². The van der Waals surface area contributed by atoms with Crippen LogP contribution in [-0.4, -0.2) is 30.9 Å². The van der Waals surface area contributed by atoms with Crippen molar-refractivity contribution in [3.63, 3.8) is 0 Å². The number of likely N-dealkylation sites (tertiary alicyclic amines) is 1. The number of halogens is 1. The fourth-order valence-electron chi connectivity index (χ4n) is 2.57. The fraction of sp³-hybridized carbons (Fsp3) is 0.500. The average molecular weight is 326 g/mol. The lowest BCUT2D eigenvalue weighted by Crippen LogP contribution is -2.41. The zero-order chi connectivity index (χ0) is 13.8. The number of carbonyl (C=O) groups excluding carboxylic acids is 1. The standard InChI is InChI=1S/C14H20BrN3O/c1-17-14(19)11-3-2-6-18(9-11)8-10-4-5-12(15)13(16)7-10/h4-5,7,11H,2-3,6,8-9,16H2,1H3,(H,17,19). The monoisotopic (exact) mass is 325 g/mol. The molecule has 1 amide bonds. The maximum atomic E-state index is 11.7. The molecule has 1 aromatic carbocycles. The van der Waals surface area contributed by atoms with Crippen molar-refractivity contribution in [3.05, 3.63) is 28.2 Å². The van der Waals surface area contributed by atoms with E-state index in [1.807, 2.05) is 12.1 Å². The minimum Gasteiger partial charge on any atom is -0.398 e. The summed E-state index contributed by atoms with van der Waals surface area (Å²) in [4.78, 5) is 14.0. The lowest BCUT2D eigenvalue weighted by molar-refractivity contribution is -0.126. The number of piperidine rings is 1. The second-order valence-electron chi connectivity index (χ2n) is 5.04. The number of carbonyl (C=O) groups is 1. The Balaban J connectivity index is 1.98. The van der Waals surface area contributed by atoms with E-state index >= 15 is 0 Å². The highest BCUT2D eigenvalue weighted by atomic mass is 79.9. The predicted octanol–water partition coefficient (Wildman–Crippen LogP) is 1.99. The molecular formula is C14H20BrN3O. The van der Waals surface area contributed by atoms with E-state index in [9.17, 15) is 4.79 Å². The number of nitrogens with two attached hydrogens (primary N) is 1. The summed E-state index contributed by atoms with van der Waals surface area (Å²) >= 11 is 3.40. The molecule has 4 nitrogen and oxygen atoms in total. The van der Waals surface area contributed by atoms with Gasteiger partial charge in [0.25, 0.3) is 0 Å². The van der Waals surface area contributed by atoms with Gasteiger partial charge in [0, 0.05) is 30.3 Å². The number of nitrogen functional groups attached to an aromatic ring is 1. The van der Waals surface area contributed by atoms with Crippen molar-refractivity contribution in [1.82, 2.24) is 10.2 Å². The van der Waals surface area contributed by atoms with Gasteiger partial charge in [0.15, 0.2) is 0 Å². The predicted molar refractivity (Wildman–Crippen MR) is 80.6 cm³/mol. The highest BCUT2D eigenvalue weighted by Crippen LogP contribution is 2.23. The Morgan fingerprint density at radius 3 is 3.05 bits per heavy atom. The number of anilines is 1. The van der Waals surface area contributed by atoms with Crippen molar-refractivity contribution >= 4 is 27.5 Å². The first-order chi connectivity index (χ1) is 9.10. The molecule has 1 atom stereocenters. The molecule has 5 heteroatoms. The molecular weight excluding hydrogens is 306 g/mol. The summed E-state index contributed by atoms with van der Waals surface area (Å²) in [5, 5.41) is 2.74. The van der Waals surface area contributed by atoms with Gasteiger partial charge in [-0.3, -0.25) is 9.69 Å². The lowest BCUT2D eigenvalue weighted by Gasteiger charge is -2.31. The van der Waals surface area contributed by atoms with E-state index < -0.39 is 0 Å². The second-order valence-corrected chi connectivity index (χ2v) is 5.90. The van der Waals surface area contributed by atoms with Crippen LogP contribution in [0.4, 0.5) is 5.69 Å². The normalized spacial score (nSPS) is 20.2. The molecule has 1 aliphatic rings. The van der Waals surface area contributed by atoms with E-state index in [0.29, 0.717) is 0 Å². The zero-order valence-corrected chi connectivity index (χ0v) is 12.7. The summed E-state index contributed by atoms with van der Waals surface area (Å²) in [6.07, 6.45) is 2.06. The maximum absolute atomic E-state index is 11.7. The van der Waals surface area contributed by atoms with Gasteiger partial charge in [-0.05, 0) is 53.0 Å². The lowest BCUT2D eigenvalue weighted by atomic mass is 9.97. The molecule has 3 N–H and O–H groups in total. The van der Waals surface area contributed by atoms with Gasteiger partial charge >= 0.3 is 0 Å². The van der Waals surface area contributed by atoms with Crippen molar-refractivity contribution < 1.29 is 4.79 Å². The SMILES string of the molecule is CNC(=O)C1CCCN(Cc2ccc(Br)c(N)c2)C1. The minimum atomic E-state index is 0.117. The van der Waals surface area contributed by atoms with Crippen LogP contribution in [0.2, 0.25) is 0 Å². The van der Waals surface area contributed by atoms with Gasteiger partial charge in [-0.15, -0.1) is 0 Å². The van der Waals surface area contributed by atoms with Crippen molar-refractivity contribution in [1.29, 1.82) is 0 Å². The van der Waals surface area contributed by atoms with Crippen LogP contribution >= 0.6 is 15.9 Å². The minimum absolute atomic E-state index is 0.117. The molecule has 0 radical (unpaired) electrons.